The zero-order chi connectivity index (χ0) is 12.6. The van der Waals surface area contributed by atoms with E-state index in [-0.39, 0.29) is 6.04 Å². The molecule has 0 aliphatic carbocycles. The van der Waals surface area contributed by atoms with Gasteiger partial charge in [-0.1, -0.05) is 0 Å². The van der Waals surface area contributed by atoms with Crippen molar-refractivity contribution in [3.8, 4) is 0 Å². The first-order valence-electron chi connectivity index (χ1n) is 5.82. The molecule has 0 saturated carbocycles. The third-order valence-electron chi connectivity index (χ3n) is 2.84. The first-order valence-corrected chi connectivity index (χ1v) is 5.82. The third kappa shape index (κ3) is 2.48. The molecule has 0 radical (unpaired) electrons. The van der Waals surface area contributed by atoms with Gasteiger partial charge in [-0.3, -0.25) is 0 Å². The van der Waals surface area contributed by atoms with Gasteiger partial charge in [-0.15, -0.1) is 0 Å². The van der Waals surface area contributed by atoms with Crippen molar-refractivity contribution in [3.63, 3.8) is 0 Å². The van der Waals surface area contributed by atoms with Crippen LogP contribution in [0.3, 0.4) is 0 Å². The summed E-state index contributed by atoms with van der Waals surface area (Å²) in [5, 5.41) is 10.0. The lowest BCUT2D eigenvalue weighted by Gasteiger charge is -2.18. The predicted octanol–water partition coefficient (Wildman–Crippen LogP) is 1.45. The summed E-state index contributed by atoms with van der Waals surface area (Å²) < 4.78 is 1.95. The Morgan fingerprint density at radius 2 is 2.24 bits per heavy atom. The molecule has 1 atom stereocenters. The maximum atomic E-state index is 10.0. The fraction of sp³-hybridized carbons (Fsp3) is 0.462. The number of aromatic nitrogens is 2. The Labute approximate surface area is 101 Å². The Morgan fingerprint density at radius 3 is 2.82 bits per heavy atom. The van der Waals surface area contributed by atoms with Crippen LogP contribution in [0.1, 0.15) is 32.0 Å². The summed E-state index contributed by atoms with van der Waals surface area (Å²) in [7, 11) is 0. The molecule has 4 nitrogen and oxygen atoms in total. The number of nitrogens with two attached hydrogens (primary N) is 1. The molecule has 2 aromatic rings. The average Bonchev–Trinajstić information content (AvgIpc) is 2.59. The quantitative estimate of drug-likeness (QED) is 0.843. The van der Waals surface area contributed by atoms with Gasteiger partial charge in [-0.05, 0) is 38.5 Å². The molecule has 0 spiro atoms. The topological polar surface area (TPSA) is 63.5 Å². The molecule has 0 fully saturated rings. The number of imidazole rings is 1. The normalized spacial score (nSPS) is 14.2. The van der Waals surface area contributed by atoms with Gasteiger partial charge in [0.25, 0.3) is 0 Å². The van der Waals surface area contributed by atoms with Crippen molar-refractivity contribution in [2.75, 3.05) is 0 Å². The minimum Gasteiger partial charge on any atom is -0.386 e. The summed E-state index contributed by atoms with van der Waals surface area (Å²) in [6.07, 6.45) is 4.44. The van der Waals surface area contributed by atoms with Gasteiger partial charge in [-0.25, -0.2) is 4.98 Å². The van der Waals surface area contributed by atoms with Gasteiger partial charge in [0.05, 0.1) is 23.1 Å². The van der Waals surface area contributed by atoms with Crippen LogP contribution in [0.4, 0.5) is 0 Å². The van der Waals surface area contributed by atoms with Crippen LogP contribution in [0.15, 0.2) is 24.7 Å². The number of hydrogen-bond acceptors (Lipinski definition) is 3. The predicted molar refractivity (Wildman–Crippen MR) is 67.8 cm³/mol. The minimum absolute atomic E-state index is 0.0829. The third-order valence-corrected chi connectivity index (χ3v) is 2.84. The van der Waals surface area contributed by atoms with Crippen molar-refractivity contribution in [1.82, 2.24) is 9.38 Å². The Bertz CT molecular complexity index is 523. The van der Waals surface area contributed by atoms with E-state index < -0.39 is 5.60 Å². The highest BCUT2D eigenvalue weighted by molar-refractivity contribution is 5.54. The Kier molecular flexibility index (Phi) is 2.93. The molecule has 0 saturated heterocycles. The van der Waals surface area contributed by atoms with Gasteiger partial charge in [0.15, 0.2) is 0 Å². The van der Waals surface area contributed by atoms with Gasteiger partial charge in [0, 0.05) is 18.7 Å². The fourth-order valence-corrected chi connectivity index (χ4v) is 1.88. The van der Waals surface area contributed by atoms with E-state index >= 15 is 0 Å². The number of pyridine rings is 1. The van der Waals surface area contributed by atoms with Gasteiger partial charge in [-0.2, -0.15) is 0 Å². The maximum Gasteiger partial charge on any atom is 0.0995 e. The highest BCUT2D eigenvalue weighted by Crippen LogP contribution is 2.22. The molecule has 2 heterocycles. The van der Waals surface area contributed by atoms with E-state index in [4.69, 9.17) is 5.73 Å². The Morgan fingerprint density at radius 1 is 1.53 bits per heavy atom. The lowest BCUT2D eigenvalue weighted by Crippen LogP contribution is -2.18. The summed E-state index contributed by atoms with van der Waals surface area (Å²) in [6, 6.07) is 3.97. The minimum atomic E-state index is -0.836. The van der Waals surface area contributed by atoms with Crippen molar-refractivity contribution in [1.29, 1.82) is 0 Å². The highest BCUT2D eigenvalue weighted by Gasteiger charge is 2.17. The number of fused-ring (bicyclic) bond motifs is 1. The number of rotatable bonds is 3. The molecule has 0 aromatic carbocycles. The second-order valence-corrected chi connectivity index (χ2v) is 5.14. The number of aliphatic hydroxyl groups is 1. The van der Waals surface area contributed by atoms with Crippen LogP contribution in [-0.4, -0.2) is 20.5 Å². The van der Waals surface area contributed by atoms with Gasteiger partial charge in [0.2, 0.25) is 0 Å². The van der Waals surface area contributed by atoms with Crippen molar-refractivity contribution >= 4 is 5.52 Å². The molecule has 4 heteroatoms. The van der Waals surface area contributed by atoms with Gasteiger partial charge in [0.1, 0.15) is 0 Å². The zero-order valence-electron chi connectivity index (χ0n) is 10.5. The van der Waals surface area contributed by atoms with E-state index in [0.717, 1.165) is 23.2 Å². The van der Waals surface area contributed by atoms with Crippen LogP contribution in [-0.2, 0) is 12.0 Å². The molecule has 2 rings (SSSR count). The Balaban J connectivity index is 2.50. The summed E-state index contributed by atoms with van der Waals surface area (Å²) in [5.74, 6) is 0. The Hall–Kier alpha value is -1.39. The first-order chi connectivity index (χ1) is 7.88. The van der Waals surface area contributed by atoms with Gasteiger partial charge < -0.3 is 15.2 Å². The van der Waals surface area contributed by atoms with Crippen molar-refractivity contribution in [2.24, 2.45) is 5.73 Å². The van der Waals surface area contributed by atoms with Crippen LogP contribution in [0.5, 0.6) is 0 Å². The summed E-state index contributed by atoms with van der Waals surface area (Å²) in [4.78, 5) is 4.36. The van der Waals surface area contributed by atoms with E-state index in [9.17, 15) is 5.11 Å². The molecular formula is C13H19N3O. The molecule has 17 heavy (non-hydrogen) atoms. The van der Waals surface area contributed by atoms with E-state index in [1.807, 2.05) is 29.7 Å². The lowest BCUT2D eigenvalue weighted by atomic mass is 9.99. The van der Waals surface area contributed by atoms with E-state index in [1.54, 1.807) is 20.2 Å². The summed E-state index contributed by atoms with van der Waals surface area (Å²) in [6.45, 7) is 5.52. The lowest BCUT2D eigenvalue weighted by molar-refractivity contribution is 0.0786. The van der Waals surface area contributed by atoms with Gasteiger partial charge >= 0.3 is 0 Å². The fourth-order valence-electron chi connectivity index (χ4n) is 1.88. The molecule has 3 N–H and O–H groups in total. The highest BCUT2D eigenvalue weighted by atomic mass is 16.3. The molecular weight excluding hydrogens is 214 g/mol. The monoisotopic (exact) mass is 233 g/mol. The molecule has 0 aliphatic rings. The van der Waals surface area contributed by atoms with Crippen LogP contribution in [0, 0.1) is 0 Å². The average molecular weight is 233 g/mol. The first kappa shape index (κ1) is 12.1. The number of hydrogen-bond donors (Lipinski definition) is 2. The zero-order valence-corrected chi connectivity index (χ0v) is 10.5. The summed E-state index contributed by atoms with van der Waals surface area (Å²) >= 11 is 0. The van der Waals surface area contributed by atoms with Crippen LogP contribution < -0.4 is 5.73 Å². The molecule has 0 bridgehead atoms. The number of nitrogens with zero attached hydrogens (tertiary/aromatic N) is 2. The van der Waals surface area contributed by atoms with E-state index in [2.05, 4.69) is 4.98 Å². The molecule has 1 unspecified atom stereocenters. The second kappa shape index (κ2) is 4.13. The smallest absolute Gasteiger partial charge is 0.0995 e. The molecule has 2 aromatic heterocycles. The molecule has 92 valence electrons. The van der Waals surface area contributed by atoms with E-state index in [1.165, 1.54) is 0 Å². The summed E-state index contributed by atoms with van der Waals surface area (Å²) in [5.41, 5.74) is 7.84. The maximum absolute atomic E-state index is 10.0. The standard InChI is InChI=1S/C13H19N3O/c1-9(14)6-11-12-7-10(13(2,3)17)4-5-16(12)8-15-11/h4-5,7-9,17H,6,14H2,1-3H3. The van der Waals surface area contributed by atoms with Crippen LogP contribution >= 0.6 is 0 Å². The second-order valence-electron chi connectivity index (χ2n) is 5.14. The van der Waals surface area contributed by atoms with Crippen molar-refractivity contribution in [3.05, 3.63) is 35.9 Å². The molecule has 0 aliphatic heterocycles. The SMILES string of the molecule is CC(N)Cc1ncn2ccc(C(C)(C)O)cc12. The molecule has 0 amide bonds. The van der Waals surface area contributed by atoms with Crippen LogP contribution in [0.25, 0.3) is 5.52 Å². The van der Waals surface area contributed by atoms with Crippen molar-refractivity contribution < 1.29 is 5.11 Å². The largest absolute Gasteiger partial charge is 0.386 e. The van der Waals surface area contributed by atoms with Crippen LogP contribution in [0.2, 0.25) is 0 Å². The van der Waals surface area contributed by atoms with E-state index in [0.29, 0.717) is 0 Å². The van der Waals surface area contributed by atoms with Crippen molar-refractivity contribution in [2.45, 2.75) is 38.8 Å².